The number of carbonyl (C=O) groups is 2. The Balaban J connectivity index is 2.13. The van der Waals surface area contributed by atoms with Crippen LogP contribution in [-0.4, -0.2) is 31.4 Å². The zero-order valence-electron chi connectivity index (χ0n) is 14.4. The van der Waals surface area contributed by atoms with E-state index in [1.165, 1.54) is 64.2 Å². The third kappa shape index (κ3) is 8.62. The second-order valence-corrected chi connectivity index (χ2v) is 5.99. The number of rotatable bonds is 12. The van der Waals surface area contributed by atoms with E-state index in [-0.39, 0.29) is 6.10 Å². The van der Waals surface area contributed by atoms with Crippen molar-refractivity contribution in [3.8, 4) is 0 Å². The van der Waals surface area contributed by atoms with Crippen molar-refractivity contribution < 1.29 is 23.8 Å². The quantitative estimate of drug-likeness (QED) is 0.299. The first-order valence-corrected chi connectivity index (χ1v) is 8.80. The molecule has 0 aromatic carbocycles. The van der Waals surface area contributed by atoms with E-state index in [4.69, 9.17) is 9.47 Å². The normalized spacial score (nSPS) is 20.5. The van der Waals surface area contributed by atoms with Gasteiger partial charge in [0.2, 0.25) is 0 Å². The maximum absolute atomic E-state index is 11.2. The summed E-state index contributed by atoms with van der Waals surface area (Å²) < 4.78 is 14.7. The summed E-state index contributed by atoms with van der Waals surface area (Å²) in [7, 11) is 1.31. The molecule has 1 rings (SSSR count). The van der Waals surface area contributed by atoms with E-state index in [0.717, 1.165) is 19.3 Å². The Bertz CT molecular complexity index is 378. The van der Waals surface area contributed by atoms with Crippen LogP contribution < -0.4 is 0 Å². The second kappa shape index (κ2) is 12.0. The molecule has 0 aromatic rings. The molecule has 0 aliphatic carbocycles. The van der Waals surface area contributed by atoms with Crippen molar-refractivity contribution in [2.75, 3.05) is 7.11 Å². The van der Waals surface area contributed by atoms with Crippen molar-refractivity contribution in [3.05, 3.63) is 12.2 Å². The lowest BCUT2D eigenvalue weighted by molar-refractivity contribution is -0.134. The average molecular weight is 326 g/mol. The Morgan fingerprint density at radius 1 is 1.04 bits per heavy atom. The van der Waals surface area contributed by atoms with E-state index in [0.29, 0.717) is 0 Å². The minimum absolute atomic E-state index is 0.298. The number of methoxy groups -OCH3 is 1. The van der Waals surface area contributed by atoms with Gasteiger partial charge in [0, 0.05) is 6.08 Å². The van der Waals surface area contributed by atoms with Gasteiger partial charge >= 0.3 is 12.1 Å². The predicted octanol–water partition coefficient (Wildman–Crippen LogP) is 4.54. The highest BCUT2D eigenvalue weighted by Gasteiger charge is 2.34. The van der Waals surface area contributed by atoms with E-state index in [9.17, 15) is 9.59 Å². The van der Waals surface area contributed by atoms with Gasteiger partial charge in [0.15, 0.2) is 6.10 Å². The summed E-state index contributed by atoms with van der Waals surface area (Å²) in [6, 6.07) is 0. The minimum Gasteiger partial charge on any atom is -0.466 e. The van der Waals surface area contributed by atoms with Gasteiger partial charge in [-0.05, 0) is 18.9 Å². The van der Waals surface area contributed by atoms with Gasteiger partial charge in [0.25, 0.3) is 0 Å². The van der Waals surface area contributed by atoms with Crippen molar-refractivity contribution in [1.82, 2.24) is 0 Å². The molecule has 0 aromatic heterocycles. The molecule has 1 aliphatic rings. The smallest absolute Gasteiger partial charge is 0.466 e. The van der Waals surface area contributed by atoms with E-state index < -0.39 is 18.2 Å². The summed E-state index contributed by atoms with van der Waals surface area (Å²) in [5.41, 5.74) is 0. The number of carbonyl (C=O) groups excluding carboxylic acids is 2. The topological polar surface area (TPSA) is 61.8 Å². The van der Waals surface area contributed by atoms with Crippen LogP contribution in [0.4, 0.5) is 4.79 Å². The van der Waals surface area contributed by atoms with Gasteiger partial charge in [0.1, 0.15) is 6.10 Å². The third-order valence-corrected chi connectivity index (χ3v) is 4.06. The fourth-order valence-corrected chi connectivity index (χ4v) is 2.69. The Hall–Kier alpha value is -1.52. The highest BCUT2D eigenvalue weighted by atomic mass is 16.8. The van der Waals surface area contributed by atoms with Crippen LogP contribution in [0.2, 0.25) is 0 Å². The molecule has 1 heterocycles. The molecular formula is C18H30O5. The lowest BCUT2D eigenvalue weighted by Gasteiger charge is -2.11. The summed E-state index contributed by atoms with van der Waals surface area (Å²) in [6.07, 6.45) is 13.4. The molecule has 1 aliphatic heterocycles. The van der Waals surface area contributed by atoms with Crippen molar-refractivity contribution in [2.45, 2.75) is 83.3 Å². The molecule has 0 amide bonds. The van der Waals surface area contributed by atoms with Gasteiger partial charge < -0.3 is 14.2 Å². The number of unbranched alkanes of at least 4 members (excludes halogenated alkanes) is 8. The average Bonchev–Trinajstić information content (AvgIpc) is 2.90. The number of cyclic esters (lactones) is 2. The Labute approximate surface area is 139 Å². The molecule has 5 heteroatoms. The molecule has 23 heavy (non-hydrogen) atoms. The molecule has 1 fully saturated rings. The Morgan fingerprint density at radius 3 is 2.26 bits per heavy atom. The van der Waals surface area contributed by atoms with Gasteiger partial charge in [-0.3, -0.25) is 0 Å². The predicted molar refractivity (Wildman–Crippen MR) is 88.1 cm³/mol. The van der Waals surface area contributed by atoms with Gasteiger partial charge in [-0.15, -0.1) is 0 Å². The molecule has 132 valence electrons. The van der Waals surface area contributed by atoms with Crippen molar-refractivity contribution >= 4 is 12.1 Å². The Morgan fingerprint density at radius 2 is 1.65 bits per heavy atom. The summed E-state index contributed by atoms with van der Waals surface area (Å²) in [5, 5.41) is 0. The highest BCUT2D eigenvalue weighted by Crippen LogP contribution is 2.22. The zero-order chi connectivity index (χ0) is 16.9. The molecule has 1 saturated heterocycles. The first kappa shape index (κ1) is 19.5. The number of ether oxygens (including phenoxy) is 3. The van der Waals surface area contributed by atoms with Crippen molar-refractivity contribution in [1.29, 1.82) is 0 Å². The standard InChI is InChI=1S/C18H30O5/c1-3-4-5-6-7-8-9-10-11-12-15-16(23-18(20)22-15)13-14-17(19)21-2/h13-16H,3-12H2,1-2H3/b14-13+/t15-,16-/m0/s1. The highest BCUT2D eigenvalue weighted by molar-refractivity contribution is 5.82. The van der Waals surface area contributed by atoms with E-state index in [1.807, 2.05) is 0 Å². The summed E-state index contributed by atoms with van der Waals surface area (Å²) in [4.78, 5) is 22.3. The van der Waals surface area contributed by atoms with Gasteiger partial charge in [0.05, 0.1) is 7.11 Å². The fourth-order valence-electron chi connectivity index (χ4n) is 2.69. The first-order chi connectivity index (χ1) is 11.2. The minimum atomic E-state index is -0.662. The second-order valence-electron chi connectivity index (χ2n) is 5.99. The van der Waals surface area contributed by atoms with Crippen LogP contribution in [0.5, 0.6) is 0 Å². The molecule has 2 atom stereocenters. The van der Waals surface area contributed by atoms with Crippen LogP contribution in [0, 0.1) is 0 Å². The van der Waals surface area contributed by atoms with E-state index >= 15 is 0 Å². The van der Waals surface area contributed by atoms with E-state index in [1.54, 1.807) is 0 Å². The van der Waals surface area contributed by atoms with Crippen LogP contribution in [-0.2, 0) is 19.0 Å². The van der Waals surface area contributed by atoms with Crippen LogP contribution in [0.25, 0.3) is 0 Å². The summed E-state index contributed by atoms with van der Waals surface area (Å²) in [6.45, 7) is 2.23. The maximum Gasteiger partial charge on any atom is 0.509 e. The number of hydrogen-bond donors (Lipinski definition) is 0. The maximum atomic E-state index is 11.2. The molecule has 0 N–H and O–H groups in total. The molecule has 0 radical (unpaired) electrons. The van der Waals surface area contributed by atoms with Crippen LogP contribution in [0.1, 0.15) is 71.1 Å². The molecular weight excluding hydrogens is 296 g/mol. The fraction of sp³-hybridized carbons (Fsp3) is 0.778. The Kier molecular flexibility index (Phi) is 10.2. The summed E-state index contributed by atoms with van der Waals surface area (Å²) in [5.74, 6) is -0.463. The van der Waals surface area contributed by atoms with Crippen LogP contribution >= 0.6 is 0 Å². The summed E-state index contributed by atoms with van der Waals surface area (Å²) >= 11 is 0. The molecule has 5 nitrogen and oxygen atoms in total. The lowest BCUT2D eigenvalue weighted by Crippen LogP contribution is -2.20. The third-order valence-electron chi connectivity index (χ3n) is 4.06. The number of esters is 1. The van der Waals surface area contributed by atoms with Crippen LogP contribution in [0.15, 0.2) is 12.2 Å². The number of hydrogen-bond acceptors (Lipinski definition) is 5. The van der Waals surface area contributed by atoms with Crippen molar-refractivity contribution in [2.24, 2.45) is 0 Å². The largest absolute Gasteiger partial charge is 0.509 e. The van der Waals surface area contributed by atoms with Gasteiger partial charge in [-0.25, -0.2) is 9.59 Å². The lowest BCUT2D eigenvalue weighted by atomic mass is 10.0. The molecule has 0 bridgehead atoms. The van der Waals surface area contributed by atoms with Gasteiger partial charge in [-0.2, -0.15) is 0 Å². The monoisotopic (exact) mass is 326 g/mol. The molecule has 0 saturated carbocycles. The first-order valence-electron chi connectivity index (χ1n) is 8.80. The zero-order valence-corrected chi connectivity index (χ0v) is 14.4. The molecule has 0 spiro atoms. The van der Waals surface area contributed by atoms with Crippen LogP contribution in [0.3, 0.4) is 0 Å². The van der Waals surface area contributed by atoms with Gasteiger partial charge in [-0.1, -0.05) is 58.3 Å². The SMILES string of the molecule is CCCCCCCCCCC[C@@H]1OC(=O)O[C@H]1/C=C/C(=O)OC. The molecule has 0 unspecified atom stereocenters. The van der Waals surface area contributed by atoms with E-state index in [2.05, 4.69) is 11.7 Å². The van der Waals surface area contributed by atoms with Crippen molar-refractivity contribution in [3.63, 3.8) is 0 Å².